The molecule has 1 aromatic heterocycles. The second kappa shape index (κ2) is 8.38. The normalized spacial score (nSPS) is 12.4. The van der Waals surface area contributed by atoms with Crippen LogP contribution in [0.15, 0.2) is 18.3 Å². The highest BCUT2D eigenvalue weighted by atomic mass is 32.2. The van der Waals surface area contributed by atoms with Gasteiger partial charge in [0.25, 0.3) is 0 Å². The van der Waals surface area contributed by atoms with E-state index in [2.05, 4.69) is 54.5 Å². The number of aromatic nitrogens is 1. The SMILES string of the molecule is CCNCc1cc(N(C)C(C)CCSC)ccn1. The van der Waals surface area contributed by atoms with Gasteiger partial charge in [0, 0.05) is 31.5 Å². The Labute approximate surface area is 115 Å². The number of nitrogens with zero attached hydrogens (tertiary/aromatic N) is 2. The lowest BCUT2D eigenvalue weighted by atomic mass is 10.2. The van der Waals surface area contributed by atoms with E-state index >= 15 is 0 Å². The standard InChI is InChI=1S/C14H25N3S/c1-5-15-11-13-10-14(6-8-16-13)17(3)12(2)7-9-18-4/h6,8,10,12,15H,5,7,9,11H2,1-4H3. The molecule has 1 unspecified atom stereocenters. The molecule has 1 aromatic rings. The summed E-state index contributed by atoms with van der Waals surface area (Å²) in [6.45, 7) is 6.21. The van der Waals surface area contributed by atoms with Crippen molar-refractivity contribution < 1.29 is 0 Å². The minimum absolute atomic E-state index is 0.562. The van der Waals surface area contributed by atoms with Gasteiger partial charge in [0.15, 0.2) is 0 Å². The topological polar surface area (TPSA) is 28.2 Å². The molecule has 0 aliphatic heterocycles. The number of thioether (sulfide) groups is 1. The van der Waals surface area contributed by atoms with Gasteiger partial charge in [0.05, 0.1) is 5.69 Å². The fourth-order valence-corrected chi connectivity index (χ4v) is 2.35. The molecule has 1 atom stereocenters. The van der Waals surface area contributed by atoms with Crippen LogP contribution in [0.4, 0.5) is 5.69 Å². The molecule has 102 valence electrons. The summed E-state index contributed by atoms with van der Waals surface area (Å²) < 4.78 is 0. The monoisotopic (exact) mass is 267 g/mol. The zero-order valence-corrected chi connectivity index (χ0v) is 12.8. The van der Waals surface area contributed by atoms with Crippen molar-refractivity contribution in [2.45, 2.75) is 32.9 Å². The molecule has 0 bridgehead atoms. The highest BCUT2D eigenvalue weighted by Crippen LogP contribution is 2.17. The first-order valence-corrected chi connectivity index (χ1v) is 7.95. The van der Waals surface area contributed by atoms with Gasteiger partial charge in [0.1, 0.15) is 0 Å². The third-order valence-electron chi connectivity index (χ3n) is 3.16. The number of nitrogens with one attached hydrogen (secondary N) is 1. The molecule has 1 rings (SSSR count). The molecule has 0 saturated carbocycles. The van der Waals surface area contributed by atoms with Gasteiger partial charge in [-0.2, -0.15) is 11.8 Å². The van der Waals surface area contributed by atoms with E-state index in [9.17, 15) is 0 Å². The van der Waals surface area contributed by atoms with Crippen LogP contribution in [0.3, 0.4) is 0 Å². The van der Waals surface area contributed by atoms with Gasteiger partial charge < -0.3 is 10.2 Å². The van der Waals surface area contributed by atoms with Crippen molar-refractivity contribution in [1.82, 2.24) is 10.3 Å². The minimum atomic E-state index is 0.562. The number of hydrogen-bond acceptors (Lipinski definition) is 4. The Morgan fingerprint density at radius 2 is 2.28 bits per heavy atom. The molecular formula is C14H25N3S. The lowest BCUT2D eigenvalue weighted by Crippen LogP contribution is -2.29. The Morgan fingerprint density at radius 3 is 2.94 bits per heavy atom. The summed E-state index contributed by atoms with van der Waals surface area (Å²) in [5.74, 6) is 1.21. The van der Waals surface area contributed by atoms with E-state index in [0.29, 0.717) is 6.04 Å². The van der Waals surface area contributed by atoms with Gasteiger partial charge >= 0.3 is 0 Å². The highest BCUT2D eigenvalue weighted by Gasteiger charge is 2.10. The average molecular weight is 267 g/mol. The second-order valence-corrected chi connectivity index (χ2v) is 5.51. The first-order valence-electron chi connectivity index (χ1n) is 6.56. The van der Waals surface area contributed by atoms with Crippen LogP contribution in [-0.4, -0.2) is 36.6 Å². The smallest absolute Gasteiger partial charge is 0.0562 e. The van der Waals surface area contributed by atoms with Crippen molar-refractivity contribution >= 4 is 17.4 Å². The van der Waals surface area contributed by atoms with Gasteiger partial charge in [-0.05, 0) is 44.0 Å². The Balaban J connectivity index is 2.63. The van der Waals surface area contributed by atoms with Crippen molar-refractivity contribution in [3.8, 4) is 0 Å². The van der Waals surface area contributed by atoms with Gasteiger partial charge in [0.2, 0.25) is 0 Å². The van der Waals surface area contributed by atoms with Gasteiger partial charge in [-0.25, -0.2) is 0 Å². The van der Waals surface area contributed by atoms with Crippen molar-refractivity contribution in [3.63, 3.8) is 0 Å². The minimum Gasteiger partial charge on any atom is -0.372 e. The second-order valence-electron chi connectivity index (χ2n) is 4.53. The molecule has 0 spiro atoms. The molecule has 4 heteroatoms. The van der Waals surface area contributed by atoms with Gasteiger partial charge in [-0.3, -0.25) is 4.98 Å². The fraction of sp³-hybridized carbons (Fsp3) is 0.643. The zero-order chi connectivity index (χ0) is 13.4. The molecule has 0 radical (unpaired) electrons. The number of pyridine rings is 1. The van der Waals surface area contributed by atoms with Crippen molar-refractivity contribution in [2.24, 2.45) is 0 Å². The molecule has 1 heterocycles. The fourth-order valence-electron chi connectivity index (χ4n) is 1.77. The Bertz CT molecular complexity index is 344. The summed E-state index contributed by atoms with van der Waals surface area (Å²) in [4.78, 5) is 6.73. The summed E-state index contributed by atoms with van der Waals surface area (Å²) in [7, 11) is 2.16. The van der Waals surface area contributed by atoms with E-state index in [4.69, 9.17) is 0 Å². The largest absolute Gasteiger partial charge is 0.372 e. The lowest BCUT2D eigenvalue weighted by Gasteiger charge is -2.27. The maximum absolute atomic E-state index is 4.39. The Hall–Kier alpha value is -0.740. The van der Waals surface area contributed by atoms with Gasteiger partial charge in [-0.15, -0.1) is 0 Å². The predicted octanol–water partition coefficient (Wildman–Crippen LogP) is 2.77. The van der Waals surface area contributed by atoms with Crippen LogP contribution in [0.1, 0.15) is 26.0 Å². The highest BCUT2D eigenvalue weighted by molar-refractivity contribution is 7.98. The maximum Gasteiger partial charge on any atom is 0.0562 e. The van der Waals surface area contributed by atoms with E-state index in [1.807, 2.05) is 18.0 Å². The molecule has 3 nitrogen and oxygen atoms in total. The summed E-state index contributed by atoms with van der Waals surface area (Å²) >= 11 is 1.91. The van der Waals surface area contributed by atoms with Crippen LogP contribution in [0.2, 0.25) is 0 Å². The number of rotatable bonds is 8. The van der Waals surface area contributed by atoms with Crippen molar-refractivity contribution in [2.75, 3.05) is 30.5 Å². The molecule has 18 heavy (non-hydrogen) atoms. The average Bonchev–Trinajstić information content (AvgIpc) is 2.42. The Kier molecular flexibility index (Phi) is 7.13. The van der Waals surface area contributed by atoms with Crippen LogP contribution in [0, 0.1) is 0 Å². The Morgan fingerprint density at radius 1 is 1.50 bits per heavy atom. The third-order valence-corrected chi connectivity index (χ3v) is 3.81. The molecule has 0 aromatic carbocycles. The third kappa shape index (κ3) is 4.86. The number of anilines is 1. The zero-order valence-electron chi connectivity index (χ0n) is 11.9. The van der Waals surface area contributed by atoms with Crippen LogP contribution in [0.25, 0.3) is 0 Å². The molecule has 1 N–H and O–H groups in total. The summed E-state index contributed by atoms with van der Waals surface area (Å²) in [6.07, 6.45) is 5.27. The predicted molar refractivity (Wildman–Crippen MR) is 82.5 cm³/mol. The van der Waals surface area contributed by atoms with E-state index in [0.717, 1.165) is 18.8 Å². The molecule has 0 aliphatic rings. The van der Waals surface area contributed by atoms with Crippen LogP contribution in [0.5, 0.6) is 0 Å². The quantitative estimate of drug-likeness (QED) is 0.784. The van der Waals surface area contributed by atoms with Crippen LogP contribution in [-0.2, 0) is 6.54 Å². The molecule has 0 amide bonds. The van der Waals surface area contributed by atoms with E-state index in [1.54, 1.807) is 0 Å². The molecule has 0 fully saturated rings. The first-order chi connectivity index (χ1) is 8.69. The van der Waals surface area contributed by atoms with Crippen LogP contribution >= 0.6 is 11.8 Å². The van der Waals surface area contributed by atoms with E-state index in [-0.39, 0.29) is 0 Å². The van der Waals surface area contributed by atoms with Crippen LogP contribution < -0.4 is 10.2 Å². The summed E-state index contributed by atoms with van der Waals surface area (Å²) in [5.41, 5.74) is 2.37. The maximum atomic E-state index is 4.39. The van der Waals surface area contributed by atoms with E-state index in [1.165, 1.54) is 17.9 Å². The number of hydrogen-bond donors (Lipinski definition) is 1. The van der Waals surface area contributed by atoms with E-state index < -0.39 is 0 Å². The molecule has 0 aliphatic carbocycles. The molecule has 0 saturated heterocycles. The summed E-state index contributed by atoms with van der Waals surface area (Å²) in [6, 6.07) is 4.83. The van der Waals surface area contributed by atoms with Crippen molar-refractivity contribution in [1.29, 1.82) is 0 Å². The van der Waals surface area contributed by atoms with Crippen molar-refractivity contribution in [3.05, 3.63) is 24.0 Å². The summed E-state index contributed by atoms with van der Waals surface area (Å²) in [5, 5.41) is 3.31. The molecular weight excluding hydrogens is 242 g/mol. The first kappa shape index (κ1) is 15.3. The lowest BCUT2D eigenvalue weighted by molar-refractivity contribution is 0.666. The van der Waals surface area contributed by atoms with Gasteiger partial charge in [-0.1, -0.05) is 6.92 Å².